The first-order chi connectivity index (χ1) is 4.43. The van der Waals surface area contributed by atoms with Gasteiger partial charge in [-0.3, -0.25) is 0 Å². The third kappa shape index (κ3) is 1.71. The van der Waals surface area contributed by atoms with Crippen molar-refractivity contribution >= 4 is 5.82 Å². The molecule has 1 rings (SSSR count). The van der Waals surface area contributed by atoms with Crippen molar-refractivity contribution in [2.75, 3.05) is 11.9 Å². The van der Waals surface area contributed by atoms with E-state index < -0.39 is 0 Å². The van der Waals surface area contributed by atoms with Crippen molar-refractivity contribution < 1.29 is 4.52 Å². The first kappa shape index (κ1) is 6.07. The van der Waals surface area contributed by atoms with E-state index in [0.717, 1.165) is 13.0 Å². The van der Waals surface area contributed by atoms with E-state index in [1.54, 1.807) is 0 Å². The third-order valence-electron chi connectivity index (χ3n) is 0.916. The number of nitrogens with one attached hydrogen (secondary N) is 1. The molecule has 0 fully saturated rings. The van der Waals surface area contributed by atoms with Gasteiger partial charge >= 0.3 is 0 Å². The maximum atomic E-state index is 4.49. The molecule has 0 bridgehead atoms. The standard InChI is InChI=1S/C5H9N3O/c1-2-3-6-5-4-9-8-7-5/h4,6H,2-3H2,1H3. The topological polar surface area (TPSA) is 51.0 Å². The molecule has 0 aromatic carbocycles. The van der Waals surface area contributed by atoms with E-state index in [1.165, 1.54) is 6.26 Å². The van der Waals surface area contributed by atoms with Crippen LogP contribution in [0.4, 0.5) is 5.82 Å². The van der Waals surface area contributed by atoms with Crippen molar-refractivity contribution in [1.29, 1.82) is 0 Å². The fourth-order valence-electron chi connectivity index (χ4n) is 0.495. The molecule has 0 amide bonds. The van der Waals surface area contributed by atoms with Gasteiger partial charge in [0.25, 0.3) is 0 Å². The van der Waals surface area contributed by atoms with Crippen molar-refractivity contribution in [3.63, 3.8) is 0 Å². The molecule has 0 spiro atoms. The highest BCUT2D eigenvalue weighted by atomic mass is 16.5. The van der Waals surface area contributed by atoms with Gasteiger partial charge < -0.3 is 9.84 Å². The molecular formula is C5H9N3O. The third-order valence-corrected chi connectivity index (χ3v) is 0.916. The molecule has 1 heterocycles. The quantitative estimate of drug-likeness (QED) is 0.655. The van der Waals surface area contributed by atoms with Crippen molar-refractivity contribution in [2.24, 2.45) is 0 Å². The molecule has 0 unspecified atom stereocenters. The number of anilines is 1. The van der Waals surface area contributed by atoms with Crippen LogP contribution in [0.5, 0.6) is 0 Å². The van der Waals surface area contributed by atoms with E-state index in [-0.39, 0.29) is 0 Å². The molecule has 0 atom stereocenters. The summed E-state index contributed by atoms with van der Waals surface area (Å²) >= 11 is 0. The van der Waals surface area contributed by atoms with Gasteiger partial charge in [-0.05, 0) is 6.42 Å². The van der Waals surface area contributed by atoms with Crippen molar-refractivity contribution in [3.8, 4) is 0 Å². The first-order valence-electron chi connectivity index (χ1n) is 2.94. The van der Waals surface area contributed by atoms with E-state index >= 15 is 0 Å². The van der Waals surface area contributed by atoms with Crippen LogP contribution in [-0.4, -0.2) is 16.9 Å². The van der Waals surface area contributed by atoms with Crippen LogP contribution in [0, 0.1) is 0 Å². The normalized spacial score (nSPS) is 9.44. The summed E-state index contributed by atoms with van der Waals surface area (Å²) in [7, 11) is 0. The molecule has 4 nitrogen and oxygen atoms in total. The zero-order valence-electron chi connectivity index (χ0n) is 5.29. The summed E-state index contributed by atoms with van der Waals surface area (Å²) in [5.74, 6) is 0.705. The SMILES string of the molecule is CCCNc1conn1. The van der Waals surface area contributed by atoms with E-state index in [0.29, 0.717) is 5.82 Å². The second-order valence-corrected chi connectivity index (χ2v) is 1.72. The molecule has 4 heteroatoms. The van der Waals surface area contributed by atoms with Crippen LogP contribution < -0.4 is 5.32 Å². The molecule has 1 aromatic rings. The van der Waals surface area contributed by atoms with E-state index in [4.69, 9.17) is 0 Å². The summed E-state index contributed by atoms with van der Waals surface area (Å²) in [5.41, 5.74) is 0. The minimum absolute atomic E-state index is 0.705. The smallest absolute Gasteiger partial charge is 0.190 e. The molecule has 1 N–H and O–H groups in total. The first-order valence-corrected chi connectivity index (χ1v) is 2.94. The van der Waals surface area contributed by atoms with E-state index in [1.807, 2.05) is 0 Å². The Morgan fingerprint density at radius 1 is 1.78 bits per heavy atom. The number of hydrogen-bond donors (Lipinski definition) is 1. The largest absolute Gasteiger partial charge is 0.366 e. The predicted octanol–water partition coefficient (Wildman–Crippen LogP) is 0.891. The van der Waals surface area contributed by atoms with Crippen LogP contribution in [-0.2, 0) is 0 Å². The highest BCUT2D eigenvalue weighted by Gasteiger charge is 1.91. The monoisotopic (exact) mass is 127 g/mol. The molecule has 0 radical (unpaired) electrons. The fraction of sp³-hybridized carbons (Fsp3) is 0.600. The zero-order valence-corrected chi connectivity index (χ0v) is 5.29. The summed E-state index contributed by atoms with van der Waals surface area (Å²) in [6, 6.07) is 0. The highest BCUT2D eigenvalue weighted by molar-refractivity contribution is 5.26. The predicted molar refractivity (Wildman–Crippen MR) is 33.1 cm³/mol. The van der Waals surface area contributed by atoms with Crippen LogP contribution in [0.3, 0.4) is 0 Å². The van der Waals surface area contributed by atoms with Crippen LogP contribution in [0.15, 0.2) is 10.8 Å². The highest BCUT2D eigenvalue weighted by Crippen LogP contribution is 1.96. The number of aromatic nitrogens is 2. The molecule has 1 aromatic heterocycles. The van der Waals surface area contributed by atoms with Crippen LogP contribution >= 0.6 is 0 Å². The molecule has 0 aliphatic carbocycles. The molecule has 0 aliphatic heterocycles. The molecule has 0 aliphatic rings. The average molecular weight is 127 g/mol. The van der Waals surface area contributed by atoms with Gasteiger partial charge in [-0.1, -0.05) is 12.0 Å². The maximum Gasteiger partial charge on any atom is 0.190 e. The lowest BCUT2D eigenvalue weighted by atomic mass is 10.5. The lowest BCUT2D eigenvalue weighted by Crippen LogP contribution is -1.99. The van der Waals surface area contributed by atoms with Gasteiger partial charge in [-0.15, -0.1) is 0 Å². The van der Waals surface area contributed by atoms with Gasteiger partial charge in [0.05, 0.1) is 0 Å². The molecule has 9 heavy (non-hydrogen) atoms. The Labute approximate surface area is 53.2 Å². The summed E-state index contributed by atoms with van der Waals surface area (Å²) in [6.07, 6.45) is 2.56. The Hall–Kier alpha value is -1.06. The second kappa shape index (κ2) is 3.06. The van der Waals surface area contributed by atoms with Gasteiger partial charge in [0.2, 0.25) is 0 Å². The number of rotatable bonds is 3. The zero-order chi connectivity index (χ0) is 6.53. The summed E-state index contributed by atoms with van der Waals surface area (Å²) < 4.78 is 4.49. The Morgan fingerprint density at radius 3 is 3.22 bits per heavy atom. The Kier molecular flexibility index (Phi) is 2.06. The van der Waals surface area contributed by atoms with Crippen LogP contribution in [0.2, 0.25) is 0 Å². The van der Waals surface area contributed by atoms with Gasteiger partial charge in [0.1, 0.15) is 0 Å². The van der Waals surface area contributed by atoms with Gasteiger partial charge in [-0.25, -0.2) is 0 Å². The number of nitrogens with zero attached hydrogens (tertiary/aromatic N) is 2. The summed E-state index contributed by atoms with van der Waals surface area (Å²) in [4.78, 5) is 0. The Balaban J connectivity index is 2.30. The number of hydrogen-bond acceptors (Lipinski definition) is 4. The lowest BCUT2D eigenvalue weighted by molar-refractivity contribution is 0.393. The van der Waals surface area contributed by atoms with Crippen molar-refractivity contribution in [3.05, 3.63) is 6.26 Å². The minimum Gasteiger partial charge on any atom is -0.366 e. The Morgan fingerprint density at radius 2 is 2.67 bits per heavy atom. The summed E-state index contributed by atoms with van der Waals surface area (Å²) in [6.45, 7) is 2.99. The van der Waals surface area contributed by atoms with Crippen molar-refractivity contribution in [1.82, 2.24) is 10.4 Å². The van der Waals surface area contributed by atoms with Gasteiger partial charge in [0, 0.05) is 11.8 Å². The summed E-state index contributed by atoms with van der Waals surface area (Å²) in [5, 5.41) is 9.92. The fourth-order valence-corrected chi connectivity index (χ4v) is 0.495. The van der Waals surface area contributed by atoms with Crippen LogP contribution in [0.1, 0.15) is 13.3 Å². The molecule has 50 valence electrons. The Bertz CT molecular complexity index is 149. The second-order valence-electron chi connectivity index (χ2n) is 1.72. The minimum atomic E-state index is 0.705. The van der Waals surface area contributed by atoms with Gasteiger partial charge in [0.15, 0.2) is 12.1 Å². The maximum absolute atomic E-state index is 4.49. The molecule has 0 saturated heterocycles. The van der Waals surface area contributed by atoms with Gasteiger partial charge in [-0.2, -0.15) is 0 Å². The van der Waals surface area contributed by atoms with E-state index in [2.05, 4.69) is 27.1 Å². The molecule has 0 saturated carbocycles. The van der Waals surface area contributed by atoms with Crippen molar-refractivity contribution in [2.45, 2.75) is 13.3 Å². The van der Waals surface area contributed by atoms with Crippen LogP contribution in [0.25, 0.3) is 0 Å². The average Bonchev–Trinajstić information content (AvgIpc) is 2.34. The van der Waals surface area contributed by atoms with E-state index in [9.17, 15) is 0 Å². The molecular weight excluding hydrogens is 118 g/mol. The lowest BCUT2D eigenvalue weighted by Gasteiger charge is -1.93.